The molecule has 0 aliphatic heterocycles. The molecule has 0 unspecified atom stereocenters. The monoisotopic (exact) mass is 291 g/mol. The van der Waals surface area contributed by atoms with Gasteiger partial charge in [0.25, 0.3) is 0 Å². The molecule has 2 heteroatoms. The van der Waals surface area contributed by atoms with Crippen molar-refractivity contribution in [2.75, 3.05) is 0 Å². The molecule has 0 heterocycles. The molecule has 0 N–H and O–H groups in total. The second-order valence-corrected chi connectivity index (χ2v) is 2.81. The highest BCUT2D eigenvalue weighted by atomic mass is 16.4. The van der Waals surface area contributed by atoms with Crippen molar-refractivity contribution in [1.82, 2.24) is 0 Å². The Balaban J connectivity index is -0.000000353. The zero-order chi connectivity index (χ0) is 17.3. The van der Waals surface area contributed by atoms with Gasteiger partial charge in [0, 0.05) is 5.56 Å². The molecule has 0 bridgehead atoms. The average Bonchev–Trinajstić information content (AvgIpc) is 2.61. The number of fused-ring (bicyclic) bond motifs is 1. The summed E-state index contributed by atoms with van der Waals surface area (Å²) in [7, 11) is 0. The minimum atomic E-state index is -1.13. The highest BCUT2D eigenvalue weighted by molar-refractivity contribution is 6.02. The van der Waals surface area contributed by atoms with Crippen molar-refractivity contribution in [3.63, 3.8) is 0 Å². The molecule has 0 atom stereocenters. The number of carbonyl (C=O) groups excluding carboxylic acids is 1. The number of rotatable bonds is 1. The molecule has 0 amide bonds. The molecule has 2 nitrogen and oxygen atoms in total. The van der Waals surface area contributed by atoms with Crippen LogP contribution < -0.4 is 5.11 Å². The molecule has 0 aliphatic carbocycles. The Labute approximate surface area is 130 Å². The fourth-order valence-corrected chi connectivity index (χ4v) is 1.40. The van der Waals surface area contributed by atoms with Crippen molar-refractivity contribution in [3.05, 3.63) is 48.0 Å². The Bertz CT molecular complexity index is 457. The van der Waals surface area contributed by atoms with E-state index in [0.29, 0.717) is 0 Å². The summed E-state index contributed by atoms with van der Waals surface area (Å²) in [5, 5.41) is 12.4. The van der Waals surface area contributed by atoms with Crippen LogP contribution in [0.15, 0.2) is 42.5 Å². The van der Waals surface area contributed by atoms with Gasteiger partial charge in [-0.15, -0.1) is 0 Å². The number of carbonyl (C=O) groups is 1. The minimum Gasteiger partial charge on any atom is -0.545 e. The molecule has 2 aromatic carbocycles. The third kappa shape index (κ3) is 8.85. The van der Waals surface area contributed by atoms with Crippen LogP contribution in [0.1, 0.15) is 65.7 Å². The quantitative estimate of drug-likeness (QED) is 0.714. The summed E-state index contributed by atoms with van der Waals surface area (Å²) in [5.41, 5.74) is 0.248. The van der Waals surface area contributed by atoms with Gasteiger partial charge in [0.1, 0.15) is 0 Å². The van der Waals surface area contributed by atoms with Crippen LogP contribution >= 0.6 is 0 Å². The summed E-state index contributed by atoms with van der Waals surface area (Å²) in [6.45, 7) is 16.0. The Hall–Kier alpha value is -1.83. The van der Waals surface area contributed by atoms with Crippen LogP contribution in [0.3, 0.4) is 0 Å². The van der Waals surface area contributed by atoms with Crippen molar-refractivity contribution in [1.29, 1.82) is 0 Å². The fourth-order valence-electron chi connectivity index (χ4n) is 1.40. The van der Waals surface area contributed by atoms with Crippen molar-refractivity contribution in [2.45, 2.75) is 55.4 Å². The van der Waals surface area contributed by atoms with Crippen LogP contribution in [-0.2, 0) is 0 Å². The average molecular weight is 291 g/mol. The first-order valence-corrected chi connectivity index (χ1v) is 7.98. The molecular weight excluding hydrogens is 260 g/mol. The molecule has 2 aromatic rings. The molecule has 0 saturated heterocycles. The molecule has 0 saturated carbocycles. The van der Waals surface area contributed by atoms with Gasteiger partial charge in [-0.1, -0.05) is 97.9 Å². The van der Waals surface area contributed by atoms with E-state index in [2.05, 4.69) is 0 Å². The second kappa shape index (κ2) is 18.2. The molecule has 0 fully saturated rings. The van der Waals surface area contributed by atoms with Crippen LogP contribution in [0.5, 0.6) is 0 Å². The van der Waals surface area contributed by atoms with Crippen LogP contribution in [-0.4, -0.2) is 5.97 Å². The lowest BCUT2D eigenvalue weighted by molar-refractivity contribution is -0.254. The maximum absolute atomic E-state index is 10.7. The van der Waals surface area contributed by atoms with E-state index >= 15 is 0 Å². The predicted molar refractivity (Wildman–Crippen MR) is 93.7 cm³/mol. The lowest BCUT2D eigenvalue weighted by Crippen LogP contribution is -2.22. The molecule has 120 valence electrons. The molecule has 0 aliphatic rings. The van der Waals surface area contributed by atoms with Crippen molar-refractivity contribution in [2.24, 2.45) is 0 Å². The van der Waals surface area contributed by atoms with E-state index in [4.69, 9.17) is 0 Å². The second-order valence-electron chi connectivity index (χ2n) is 2.81. The van der Waals surface area contributed by atoms with Gasteiger partial charge >= 0.3 is 0 Å². The van der Waals surface area contributed by atoms with Gasteiger partial charge < -0.3 is 9.90 Å². The highest BCUT2D eigenvalue weighted by Gasteiger charge is 1.98. The van der Waals surface area contributed by atoms with Gasteiger partial charge in [0.2, 0.25) is 0 Å². The number of carboxylic acids is 1. The number of aromatic carboxylic acids is 1. The van der Waals surface area contributed by atoms with Gasteiger partial charge in [-0.3, -0.25) is 0 Å². The smallest absolute Gasteiger partial charge is 0.0721 e. The molecule has 0 aromatic heterocycles. The van der Waals surface area contributed by atoms with Crippen LogP contribution in [0.4, 0.5) is 0 Å². The van der Waals surface area contributed by atoms with Gasteiger partial charge in [-0.05, 0) is 10.8 Å². The maximum Gasteiger partial charge on any atom is 0.0721 e. The van der Waals surface area contributed by atoms with E-state index in [0.717, 1.165) is 10.8 Å². The first kappa shape index (κ1) is 24.2. The summed E-state index contributed by atoms with van der Waals surface area (Å²) < 4.78 is 0. The zero-order valence-corrected chi connectivity index (χ0v) is 14.9. The Morgan fingerprint density at radius 3 is 1.62 bits per heavy atom. The predicted octanol–water partition coefficient (Wildman–Crippen LogP) is 5.31. The molecular formula is C19H31O2-. The standard InChI is InChI=1S/C11H8O2.4C2H6/c12-11(13)10-7-3-5-8-4-1-2-6-9(8)10;4*1-2/h1-7H,(H,12,13);4*1-2H3/p-1. The van der Waals surface area contributed by atoms with Crippen molar-refractivity contribution >= 4 is 16.7 Å². The first-order valence-electron chi connectivity index (χ1n) is 7.98. The summed E-state index contributed by atoms with van der Waals surface area (Å²) in [6.07, 6.45) is 0. The number of hydrogen-bond donors (Lipinski definition) is 0. The molecule has 21 heavy (non-hydrogen) atoms. The lowest BCUT2D eigenvalue weighted by atomic mass is 10.1. The Morgan fingerprint density at radius 2 is 1.14 bits per heavy atom. The molecule has 0 radical (unpaired) electrons. The molecule has 2 rings (SSSR count). The third-order valence-electron chi connectivity index (χ3n) is 2.01. The van der Waals surface area contributed by atoms with E-state index in [1.54, 1.807) is 18.2 Å². The molecule has 0 spiro atoms. The number of hydrogen-bond acceptors (Lipinski definition) is 2. The topological polar surface area (TPSA) is 40.1 Å². The van der Waals surface area contributed by atoms with Gasteiger partial charge in [0.05, 0.1) is 5.97 Å². The van der Waals surface area contributed by atoms with E-state index in [1.165, 1.54) is 0 Å². The van der Waals surface area contributed by atoms with Crippen LogP contribution in [0, 0.1) is 0 Å². The Kier molecular flexibility index (Phi) is 20.9. The van der Waals surface area contributed by atoms with E-state index in [1.807, 2.05) is 79.7 Å². The van der Waals surface area contributed by atoms with Crippen molar-refractivity contribution < 1.29 is 9.90 Å². The minimum absolute atomic E-state index is 0.248. The summed E-state index contributed by atoms with van der Waals surface area (Å²) in [5.74, 6) is -1.13. The van der Waals surface area contributed by atoms with E-state index in [9.17, 15) is 9.90 Å². The van der Waals surface area contributed by atoms with Crippen molar-refractivity contribution in [3.8, 4) is 0 Å². The SMILES string of the molecule is CC.CC.CC.CC.O=C([O-])c1cccc2ccccc12. The highest BCUT2D eigenvalue weighted by Crippen LogP contribution is 2.17. The van der Waals surface area contributed by atoms with Gasteiger partial charge in [-0.25, -0.2) is 0 Å². The summed E-state index contributed by atoms with van der Waals surface area (Å²) >= 11 is 0. The number of benzene rings is 2. The summed E-state index contributed by atoms with van der Waals surface area (Å²) in [6, 6.07) is 12.5. The normalized spacial score (nSPS) is 7.43. The van der Waals surface area contributed by atoms with Gasteiger partial charge in [-0.2, -0.15) is 0 Å². The van der Waals surface area contributed by atoms with Crippen LogP contribution in [0.25, 0.3) is 10.8 Å². The first-order chi connectivity index (χ1) is 10.3. The van der Waals surface area contributed by atoms with Gasteiger partial charge in [0.15, 0.2) is 0 Å². The fraction of sp³-hybridized carbons (Fsp3) is 0.421. The third-order valence-corrected chi connectivity index (χ3v) is 2.01. The Morgan fingerprint density at radius 1 is 0.714 bits per heavy atom. The maximum atomic E-state index is 10.7. The van der Waals surface area contributed by atoms with E-state index < -0.39 is 5.97 Å². The lowest BCUT2D eigenvalue weighted by Gasteiger charge is -2.05. The van der Waals surface area contributed by atoms with E-state index in [-0.39, 0.29) is 5.56 Å². The van der Waals surface area contributed by atoms with Crippen LogP contribution in [0.2, 0.25) is 0 Å². The number of carboxylic acid groups (broad SMARTS) is 1. The summed E-state index contributed by atoms with van der Waals surface area (Å²) in [4.78, 5) is 10.7. The zero-order valence-electron chi connectivity index (χ0n) is 14.9. The largest absolute Gasteiger partial charge is 0.545 e.